The molecule has 1 fully saturated rings. The van der Waals surface area contributed by atoms with E-state index in [-0.39, 0.29) is 30.0 Å². The van der Waals surface area contributed by atoms with E-state index in [4.69, 9.17) is 0 Å². The molecule has 1 aromatic carbocycles. The van der Waals surface area contributed by atoms with Gasteiger partial charge in [-0.25, -0.2) is 0 Å². The van der Waals surface area contributed by atoms with Gasteiger partial charge in [0.1, 0.15) is 0 Å². The summed E-state index contributed by atoms with van der Waals surface area (Å²) in [4.78, 5) is 26.9. The fourth-order valence-corrected chi connectivity index (χ4v) is 4.22. The lowest BCUT2D eigenvalue weighted by molar-refractivity contribution is -0.132. The van der Waals surface area contributed by atoms with Crippen LogP contribution in [-0.2, 0) is 17.8 Å². The standard InChI is InChI=1S/C19H23N3O2/c1-12(2)11-21-18(23)9-13(20-21)10-19(24)22-16-7-8-17(22)15-6-4-3-5-14(15)16/h3-6,9,12,16-17,20H,7-8,10-11H2,1-2H3. The van der Waals surface area contributed by atoms with Crippen molar-refractivity contribution in [3.8, 4) is 0 Å². The monoisotopic (exact) mass is 325 g/mol. The van der Waals surface area contributed by atoms with E-state index in [0.717, 1.165) is 12.8 Å². The Morgan fingerprint density at radius 3 is 2.42 bits per heavy atom. The molecule has 1 N–H and O–H groups in total. The fraction of sp³-hybridized carbons (Fsp3) is 0.474. The number of H-pyrrole nitrogens is 1. The highest BCUT2D eigenvalue weighted by Gasteiger charge is 2.45. The summed E-state index contributed by atoms with van der Waals surface area (Å²) in [6, 6.07) is 10.4. The molecule has 5 heteroatoms. The van der Waals surface area contributed by atoms with Gasteiger partial charge in [0, 0.05) is 18.3 Å². The first-order valence-corrected chi connectivity index (χ1v) is 8.73. The molecule has 2 unspecified atom stereocenters. The summed E-state index contributed by atoms with van der Waals surface area (Å²) in [5, 5.41) is 3.10. The average molecular weight is 325 g/mol. The van der Waals surface area contributed by atoms with Crippen LogP contribution in [-0.4, -0.2) is 20.6 Å². The molecule has 1 aromatic heterocycles. The predicted octanol–water partition coefficient (Wildman–Crippen LogP) is 2.79. The van der Waals surface area contributed by atoms with E-state index < -0.39 is 0 Å². The Labute approximate surface area is 141 Å². The lowest BCUT2D eigenvalue weighted by Crippen LogP contribution is -2.29. The van der Waals surface area contributed by atoms with E-state index in [1.807, 2.05) is 17.0 Å². The molecule has 126 valence electrons. The van der Waals surface area contributed by atoms with Crippen molar-refractivity contribution >= 4 is 5.91 Å². The topological polar surface area (TPSA) is 58.1 Å². The van der Waals surface area contributed by atoms with Gasteiger partial charge in [-0.3, -0.25) is 19.4 Å². The minimum atomic E-state index is -0.0563. The summed E-state index contributed by atoms with van der Waals surface area (Å²) in [5.41, 5.74) is 3.25. The van der Waals surface area contributed by atoms with Crippen LogP contribution < -0.4 is 5.56 Å². The van der Waals surface area contributed by atoms with E-state index in [9.17, 15) is 9.59 Å². The second kappa shape index (κ2) is 5.65. The Morgan fingerprint density at radius 1 is 1.21 bits per heavy atom. The van der Waals surface area contributed by atoms with Crippen LogP contribution in [0.2, 0.25) is 0 Å². The molecule has 24 heavy (non-hydrogen) atoms. The van der Waals surface area contributed by atoms with Crippen molar-refractivity contribution in [1.29, 1.82) is 0 Å². The van der Waals surface area contributed by atoms with Crippen LogP contribution >= 0.6 is 0 Å². The molecule has 4 rings (SSSR count). The molecule has 2 aliphatic rings. The first kappa shape index (κ1) is 15.2. The second-order valence-electron chi connectivity index (χ2n) is 7.34. The molecule has 0 saturated carbocycles. The third kappa shape index (κ3) is 2.39. The van der Waals surface area contributed by atoms with Crippen LogP contribution in [0, 0.1) is 5.92 Å². The molecule has 5 nitrogen and oxygen atoms in total. The van der Waals surface area contributed by atoms with Crippen LogP contribution in [0.15, 0.2) is 35.1 Å². The van der Waals surface area contributed by atoms with E-state index in [1.54, 1.807) is 10.7 Å². The highest BCUT2D eigenvalue weighted by molar-refractivity contribution is 5.80. The van der Waals surface area contributed by atoms with Crippen molar-refractivity contribution in [2.75, 3.05) is 0 Å². The number of rotatable bonds is 4. The molecule has 2 bridgehead atoms. The summed E-state index contributed by atoms with van der Waals surface area (Å²) in [6.45, 7) is 4.78. The normalized spacial score (nSPS) is 21.5. The van der Waals surface area contributed by atoms with Gasteiger partial charge in [-0.15, -0.1) is 0 Å². The minimum Gasteiger partial charge on any atom is -0.328 e. The zero-order valence-electron chi connectivity index (χ0n) is 14.2. The lowest BCUT2D eigenvalue weighted by atomic mass is 9.92. The van der Waals surface area contributed by atoms with E-state index >= 15 is 0 Å². The van der Waals surface area contributed by atoms with Crippen molar-refractivity contribution in [1.82, 2.24) is 14.7 Å². The number of carbonyl (C=O) groups is 1. The van der Waals surface area contributed by atoms with Crippen LogP contribution in [0.3, 0.4) is 0 Å². The van der Waals surface area contributed by atoms with Gasteiger partial charge in [-0.05, 0) is 29.9 Å². The second-order valence-corrected chi connectivity index (χ2v) is 7.34. The van der Waals surface area contributed by atoms with Crippen molar-refractivity contribution < 1.29 is 4.79 Å². The molecule has 0 radical (unpaired) electrons. The number of fused-ring (bicyclic) bond motifs is 5. The Kier molecular flexibility index (Phi) is 3.59. The van der Waals surface area contributed by atoms with Gasteiger partial charge in [0.25, 0.3) is 5.56 Å². The number of amides is 1. The van der Waals surface area contributed by atoms with Crippen LogP contribution in [0.4, 0.5) is 0 Å². The zero-order valence-corrected chi connectivity index (χ0v) is 14.2. The minimum absolute atomic E-state index is 0.0563. The maximum Gasteiger partial charge on any atom is 0.266 e. The molecule has 2 aromatic rings. The van der Waals surface area contributed by atoms with Crippen molar-refractivity contribution in [3.63, 3.8) is 0 Å². The number of hydrogen-bond acceptors (Lipinski definition) is 2. The van der Waals surface area contributed by atoms with E-state index in [1.165, 1.54) is 11.1 Å². The Balaban J connectivity index is 1.53. The van der Waals surface area contributed by atoms with E-state index in [2.05, 4.69) is 31.1 Å². The van der Waals surface area contributed by atoms with Crippen LogP contribution in [0.1, 0.15) is 55.6 Å². The molecule has 0 spiro atoms. The first-order chi connectivity index (χ1) is 11.5. The number of hydrogen-bond donors (Lipinski definition) is 1. The number of benzene rings is 1. The Bertz CT molecular complexity index is 802. The van der Waals surface area contributed by atoms with Gasteiger partial charge < -0.3 is 4.90 Å². The number of nitrogens with one attached hydrogen (secondary N) is 1. The number of nitrogens with zero attached hydrogens (tertiary/aromatic N) is 2. The molecule has 1 saturated heterocycles. The van der Waals surface area contributed by atoms with Crippen molar-refractivity contribution in [2.24, 2.45) is 5.92 Å². The van der Waals surface area contributed by atoms with Crippen molar-refractivity contribution in [3.05, 3.63) is 57.5 Å². The molecular weight excluding hydrogens is 302 g/mol. The summed E-state index contributed by atoms with van der Waals surface area (Å²) in [6.07, 6.45) is 2.35. The fourth-order valence-electron chi connectivity index (χ4n) is 4.22. The molecule has 0 aliphatic carbocycles. The Morgan fingerprint density at radius 2 is 1.83 bits per heavy atom. The highest BCUT2D eigenvalue weighted by atomic mass is 16.2. The van der Waals surface area contributed by atoms with Crippen LogP contribution in [0.5, 0.6) is 0 Å². The van der Waals surface area contributed by atoms with Crippen molar-refractivity contribution in [2.45, 2.75) is 51.7 Å². The SMILES string of the molecule is CC(C)Cn1[nH]c(CC(=O)N2C3CCC2c2ccccc23)cc1=O. The zero-order chi connectivity index (χ0) is 16.8. The van der Waals surface area contributed by atoms with Gasteiger partial charge in [-0.1, -0.05) is 38.1 Å². The van der Waals surface area contributed by atoms with Gasteiger partial charge in [-0.2, -0.15) is 0 Å². The van der Waals surface area contributed by atoms with Gasteiger partial charge in [0.2, 0.25) is 5.91 Å². The summed E-state index contributed by atoms with van der Waals surface area (Å²) >= 11 is 0. The predicted molar refractivity (Wildman–Crippen MR) is 91.6 cm³/mol. The third-order valence-corrected chi connectivity index (χ3v) is 5.12. The van der Waals surface area contributed by atoms with E-state index in [0.29, 0.717) is 18.2 Å². The quantitative estimate of drug-likeness (QED) is 0.940. The molecule has 1 amide bonds. The summed E-state index contributed by atoms with van der Waals surface area (Å²) < 4.78 is 1.60. The molecule has 2 aliphatic heterocycles. The highest BCUT2D eigenvalue weighted by Crippen LogP contribution is 2.52. The van der Waals surface area contributed by atoms with Gasteiger partial charge in [0.15, 0.2) is 0 Å². The first-order valence-electron chi connectivity index (χ1n) is 8.73. The molecule has 2 atom stereocenters. The lowest BCUT2D eigenvalue weighted by Gasteiger charge is -2.22. The van der Waals surface area contributed by atoms with Gasteiger partial charge in [0.05, 0.1) is 18.5 Å². The summed E-state index contributed by atoms with van der Waals surface area (Å²) in [5.74, 6) is 0.491. The van der Waals surface area contributed by atoms with Crippen LogP contribution in [0.25, 0.3) is 0 Å². The van der Waals surface area contributed by atoms with Gasteiger partial charge >= 0.3 is 0 Å². The smallest absolute Gasteiger partial charge is 0.266 e. The molecular formula is C19H23N3O2. The maximum atomic E-state index is 12.9. The number of aromatic amines is 1. The maximum absolute atomic E-state index is 12.9. The largest absolute Gasteiger partial charge is 0.328 e. The average Bonchev–Trinajstić information content (AvgIpc) is 3.20. The number of aromatic nitrogens is 2. The summed E-state index contributed by atoms with van der Waals surface area (Å²) in [7, 11) is 0. The number of carbonyl (C=O) groups excluding carboxylic acids is 1. The molecule has 3 heterocycles. The third-order valence-electron chi connectivity index (χ3n) is 5.12. The Hall–Kier alpha value is -2.30.